The number of carbonyl (C=O) groups is 1. The molecule has 18 heavy (non-hydrogen) atoms. The largest absolute Gasteiger partial charge is 0.442 e. The molecule has 0 aromatic rings. The number of rotatable bonds is 5. The van der Waals surface area contributed by atoms with Gasteiger partial charge in [-0.25, -0.2) is 4.79 Å². The topological polar surface area (TPSA) is 59.0 Å². The van der Waals surface area contributed by atoms with Crippen molar-refractivity contribution in [1.82, 2.24) is 4.90 Å². The third kappa shape index (κ3) is 3.70. The second kappa shape index (κ2) is 5.58. The molecule has 1 N–H and O–H groups in total. The maximum atomic E-state index is 11.4. The molecule has 0 saturated carbocycles. The molecule has 1 amide bonds. The fourth-order valence-corrected chi connectivity index (χ4v) is 2.51. The minimum absolute atomic E-state index is 0.120. The van der Waals surface area contributed by atoms with Crippen molar-refractivity contribution >= 4 is 14.4 Å². The van der Waals surface area contributed by atoms with Crippen molar-refractivity contribution in [2.45, 2.75) is 45.0 Å². The lowest BCUT2D eigenvalue weighted by molar-refractivity contribution is 0.0944. The average Bonchev–Trinajstić information content (AvgIpc) is 2.58. The molecule has 5 nitrogen and oxygen atoms in total. The molecule has 0 aromatic carbocycles. The van der Waals surface area contributed by atoms with Gasteiger partial charge in [0.2, 0.25) is 0 Å². The van der Waals surface area contributed by atoms with Crippen LogP contribution in [0.15, 0.2) is 0 Å². The summed E-state index contributed by atoms with van der Waals surface area (Å²) in [5, 5.41) is 9.11. The molecule has 1 atom stereocenters. The van der Waals surface area contributed by atoms with Crippen molar-refractivity contribution in [3.63, 3.8) is 0 Å². The first-order chi connectivity index (χ1) is 8.17. The number of cyclic esters (lactones) is 1. The van der Waals surface area contributed by atoms with Crippen molar-refractivity contribution < 1.29 is 19.1 Å². The summed E-state index contributed by atoms with van der Waals surface area (Å²) in [6.45, 7) is 12.3. The number of carbonyl (C=O) groups excluding carboxylic acids is 1. The predicted octanol–water partition coefficient (Wildman–Crippen LogP) is 1.82. The van der Waals surface area contributed by atoms with E-state index in [9.17, 15) is 4.79 Å². The van der Waals surface area contributed by atoms with Crippen LogP contribution in [0.4, 0.5) is 4.79 Å². The van der Waals surface area contributed by atoms with Gasteiger partial charge >= 0.3 is 6.09 Å². The normalized spacial score (nSPS) is 21.3. The van der Waals surface area contributed by atoms with E-state index in [1.54, 1.807) is 4.90 Å². The summed E-state index contributed by atoms with van der Waals surface area (Å²) in [6, 6.07) is 0. The Bertz CT molecular complexity index is 301. The number of hydrogen-bond acceptors (Lipinski definition) is 4. The number of ether oxygens (including phenoxy) is 1. The maximum absolute atomic E-state index is 11.4. The second-order valence-corrected chi connectivity index (χ2v) is 11.1. The van der Waals surface area contributed by atoms with E-state index in [1.807, 2.05) is 0 Å². The van der Waals surface area contributed by atoms with Gasteiger partial charge < -0.3 is 19.2 Å². The summed E-state index contributed by atoms with van der Waals surface area (Å²) in [4.78, 5) is 13.0. The Morgan fingerprint density at radius 1 is 1.50 bits per heavy atom. The first kappa shape index (κ1) is 15.5. The molecule has 1 fully saturated rings. The highest BCUT2D eigenvalue weighted by molar-refractivity contribution is 6.74. The SMILES string of the molecule is CC(C)(C)[Si](C)(C)OCCN1CC(CO)OC1=O. The Labute approximate surface area is 110 Å². The van der Waals surface area contributed by atoms with Crippen LogP contribution in [0.3, 0.4) is 0 Å². The highest BCUT2D eigenvalue weighted by Crippen LogP contribution is 2.36. The van der Waals surface area contributed by atoms with Crippen LogP contribution in [0.1, 0.15) is 20.8 Å². The molecule has 0 radical (unpaired) electrons. The lowest BCUT2D eigenvalue weighted by Gasteiger charge is -2.36. The minimum Gasteiger partial charge on any atom is -0.442 e. The summed E-state index contributed by atoms with van der Waals surface area (Å²) in [5.74, 6) is 0. The molecule has 0 aliphatic carbocycles. The molecule has 0 bridgehead atoms. The molecule has 1 aliphatic heterocycles. The van der Waals surface area contributed by atoms with Crippen molar-refractivity contribution in [1.29, 1.82) is 0 Å². The van der Waals surface area contributed by atoms with Gasteiger partial charge in [0.1, 0.15) is 6.10 Å². The van der Waals surface area contributed by atoms with E-state index in [-0.39, 0.29) is 23.8 Å². The lowest BCUT2D eigenvalue weighted by Crippen LogP contribution is -2.43. The van der Waals surface area contributed by atoms with Crippen LogP contribution < -0.4 is 0 Å². The predicted molar refractivity (Wildman–Crippen MR) is 72.1 cm³/mol. The van der Waals surface area contributed by atoms with Gasteiger partial charge in [0.05, 0.1) is 19.8 Å². The summed E-state index contributed by atoms with van der Waals surface area (Å²) in [6.07, 6.45) is -0.738. The van der Waals surface area contributed by atoms with Gasteiger partial charge in [-0.2, -0.15) is 0 Å². The molecule has 1 aliphatic rings. The second-order valence-electron chi connectivity index (χ2n) is 6.24. The third-order valence-corrected chi connectivity index (χ3v) is 8.32. The van der Waals surface area contributed by atoms with Crippen LogP contribution in [0.2, 0.25) is 18.1 Å². The van der Waals surface area contributed by atoms with E-state index in [4.69, 9.17) is 14.3 Å². The Balaban J connectivity index is 2.37. The van der Waals surface area contributed by atoms with Gasteiger partial charge in [-0.05, 0) is 18.1 Å². The van der Waals surface area contributed by atoms with Crippen LogP contribution in [0.25, 0.3) is 0 Å². The fourth-order valence-electron chi connectivity index (χ4n) is 1.48. The van der Waals surface area contributed by atoms with Crippen molar-refractivity contribution in [2.75, 3.05) is 26.3 Å². The van der Waals surface area contributed by atoms with Crippen molar-refractivity contribution in [2.24, 2.45) is 0 Å². The zero-order valence-electron chi connectivity index (χ0n) is 12.0. The van der Waals surface area contributed by atoms with Crippen LogP contribution in [-0.2, 0) is 9.16 Å². The monoisotopic (exact) mass is 275 g/mol. The van der Waals surface area contributed by atoms with E-state index < -0.39 is 8.32 Å². The molecule has 6 heteroatoms. The van der Waals surface area contributed by atoms with Gasteiger partial charge in [0, 0.05) is 6.54 Å². The molecular formula is C12H25NO4Si. The molecule has 1 heterocycles. The molecule has 1 rings (SSSR count). The van der Waals surface area contributed by atoms with E-state index in [0.29, 0.717) is 19.7 Å². The molecular weight excluding hydrogens is 250 g/mol. The minimum atomic E-state index is -1.75. The third-order valence-electron chi connectivity index (χ3n) is 3.78. The standard InChI is InChI=1S/C12H25NO4Si/c1-12(2,3)18(4,5)16-7-6-13-8-10(9-14)17-11(13)15/h10,14H,6-9H2,1-5H3. The first-order valence-corrected chi connectivity index (χ1v) is 9.28. The summed E-state index contributed by atoms with van der Waals surface area (Å²) >= 11 is 0. The van der Waals surface area contributed by atoms with E-state index in [2.05, 4.69) is 33.9 Å². The van der Waals surface area contributed by atoms with Crippen LogP contribution in [0, 0.1) is 0 Å². The molecule has 1 unspecified atom stereocenters. The molecule has 1 saturated heterocycles. The van der Waals surface area contributed by atoms with Crippen LogP contribution in [0.5, 0.6) is 0 Å². The Morgan fingerprint density at radius 2 is 2.11 bits per heavy atom. The van der Waals surface area contributed by atoms with Crippen molar-refractivity contribution in [3.05, 3.63) is 0 Å². The van der Waals surface area contributed by atoms with Gasteiger partial charge in [0.15, 0.2) is 8.32 Å². The Hall–Kier alpha value is -0.593. The quantitative estimate of drug-likeness (QED) is 0.778. The van der Waals surface area contributed by atoms with Gasteiger partial charge in [-0.3, -0.25) is 0 Å². The van der Waals surface area contributed by atoms with Gasteiger partial charge in [-0.15, -0.1) is 0 Å². The van der Waals surface area contributed by atoms with Crippen molar-refractivity contribution in [3.8, 4) is 0 Å². The zero-order chi connectivity index (χ0) is 14.0. The molecule has 0 aromatic heterocycles. The highest BCUT2D eigenvalue weighted by Gasteiger charge is 2.37. The first-order valence-electron chi connectivity index (χ1n) is 6.38. The lowest BCUT2D eigenvalue weighted by atomic mass is 10.2. The zero-order valence-corrected chi connectivity index (χ0v) is 13.0. The smallest absolute Gasteiger partial charge is 0.410 e. The summed E-state index contributed by atoms with van der Waals surface area (Å²) in [5.41, 5.74) is 0. The maximum Gasteiger partial charge on any atom is 0.410 e. The van der Waals surface area contributed by atoms with Gasteiger partial charge in [0.25, 0.3) is 0 Å². The number of hydrogen-bond donors (Lipinski definition) is 1. The highest BCUT2D eigenvalue weighted by atomic mass is 28.4. The Morgan fingerprint density at radius 3 is 2.56 bits per heavy atom. The number of amides is 1. The van der Waals surface area contributed by atoms with Gasteiger partial charge in [-0.1, -0.05) is 20.8 Å². The molecule has 106 valence electrons. The van der Waals surface area contributed by atoms with Crippen LogP contribution in [-0.4, -0.2) is 56.8 Å². The van der Waals surface area contributed by atoms with E-state index in [0.717, 1.165) is 0 Å². The number of aliphatic hydroxyl groups is 1. The summed E-state index contributed by atoms with van der Waals surface area (Å²) in [7, 11) is -1.75. The fraction of sp³-hybridized carbons (Fsp3) is 0.917. The van der Waals surface area contributed by atoms with E-state index in [1.165, 1.54) is 0 Å². The van der Waals surface area contributed by atoms with Crippen LogP contribution >= 0.6 is 0 Å². The number of aliphatic hydroxyl groups excluding tert-OH is 1. The Kier molecular flexibility index (Phi) is 4.80. The van der Waals surface area contributed by atoms with E-state index >= 15 is 0 Å². The summed E-state index contributed by atoms with van der Waals surface area (Å²) < 4.78 is 11.0. The average molecular weight is 275 g/mol. The number of nitrogens with zero attached hydrogens (tertiary/aromatic N) is 1. The molecule has 0 spiro atoms.